The third-order valence-corrected chi connectivity index (χ3v) is 2.66. The standard InChI is InChI=1S/C13H17N5O/c1-8(2)11-12(18-14)16-7-17-13(11)19-10-5-4-9(3)15-6-10/h4-8H,14H2,1-3H3,(H,16,17,18). The molecule has 19 heavy (non-hydrogen) atoms. The van der Waals surface area contributed by atoms with Crippen molar-refractivity contribution in [3.8, 4) is 11.6 Å². The summed E-state index contributed by atoms with van der Waals surface area (Å²) in [6, 6.07) is 3.73. The first-order valence-corrected chi connectivity index (χ1v) is 6.04. The monoisotopic (exact) mass is 259 g/mol. The minimum Gasteiger partial charge on any atom is -0.437 e. The number of ether oxygens (including phenoxy) is 1. The maximum Gasteiger partial charge on any atom is 0.228 e. The van der Waals surface area contributed by atoms with Gasteiger partial charge in [-0.25, -0.2) is 15.8 Å². The molecule has 2 rings (SSSR count). The summed E-state index contributed by atoms with van der Waals surface area (Å²) in [7, 11) is 0. The van der Waals surface area contributed by atoms with Crippen LogP contribution in [0.5, 0.6) is 11.6 Å². The molecule has 0 saturated carbocycles. The summed E-state index contributed by atoms with van der Waals surface area (Å²) >= 11 is 0. The highest BCUT2D eigenvalue weighted by Gasteiger charge is 2.16. The molecule has 0 saturated heterocycles. The van der Waals surface area contributed by atoms with Crippen LogP contribution < -0.4 is 16.0 Å². The summed E-state index contributed by atoms with van der Waals surface area (Å²) in [6.45, 7) is 5.98. The number of nitrogen functional groups attached to an aromatic ring is 1. The van der Waals surface area contributed by atoms with Gasteiger partial charge in [0, 0.05) is 5.69 Å². The van der Waals surface area contributed by atoms with Gasteiger partial charge >= 0.3 is 0 Å². The van der Waals surface area contributed by atoms with E-state index in [0.29, 0.717) is 17.4 Å². The van der Waals surface area contributed by atoms with Crippen LogP contribution in [0.3, 0.4) is 0 Å². The van der Waals surface area contributed by atoms with Crippen LogP contribution >= 0.6 is 0 Å². The van der Waals surface area contributed by atoms with Crippen molar-refractivity contribution in [2.24, 2.45) is 5.84 Å². The highest BCUT2D eigenvalue weighted by Crippen LogP contribution is 2.32. The minimum absolute atomic E-state index is 0.181. The molecule has 0 aromatic carbocycles. The van der Waals surface area contributed by atoms with E-state index in [2.05, 4.69) is 20.4 Å². The van der Waals surface area contributed by atoms with Gasteiger partial charge in [0.15, 0.2) is 5.82 Å². The lowest BCUT2D eigenvalue weighted by Gasteiger charge is -2.15. The summed E-state index contributed by atoms with van der Waals surface area (Å²) in [4.78, 5) is 12.4. The fraction of sp³-hybridized carbons (Fsp3) is 0.308. The van der Waals surface area contributed by atoms with E-state index >= 15 is 0 Å². The van der Waals surface area contributed by atoms with E-state index in [1.54, 1.807) is 6.20 Å². The van der Waals surface area contributed by atoms with Gasteiger partial charge in [0.2, 0.25) is 5.88 Å². The number of pyridine rings is 1. The number of aromatic nitrogens is 3. The second kappa shape index (κ2) is 5.62. The molecule has 3 N–H and O–H groups in total. The maximum absolute atomic E-state index is 5.76. The van der Waals surface area contributed by atoms with Crippen molar-refractivity contribution in [3.05, 3.63) is 35.9 Å². The third kappa shape index (κ3) is 2.97. The Bertz CT molecular complexity index is 553. The normalized spacial score (nSPS) is 10.6. The van der Waals surface area contributed by atoms with Gasteiger partial charge in [0.1, 0.15) is 12.1 Å². The van der Waals surface area contributed by atoms with Gasteiger partial charge in [-0.2, -0.15) is 0 Å². The van der Waals surface area contributed by atoms with Crippen molar-refractivity contribution < 1.29 is 4.74 Å². The number of nitrogens with zero attached hydrogens (tertiary/aromatic N) is 3. The largest absolute Gasteiger partial charge is 0.437 e. The average Bonchev–Trinajstić information content (AvgIpc) is 2.40. The van der Waals surface area contributed by atoms with Gasteiger partial charge in [-0.05, 0) is 25.0 Å². The van der Waals surface area contributed by atoms with E-state index in [0.717, 1.165) is 11.3 Å². The lowest BCUT2D eigenvalue weighted by atomic mass is 10.1. The van der Waals surface area contributed by atoms with Gasteiger partial charge < -0.3 is 10.2 Å². The molecule has 0 aliphatic rings. The molecule has 0 aliphatic heterocycles. The summed E-state index contributed by atoms with van der Waals surface area (Å²) in [5, 5.41) is 0. The zero-order chi connectivity index (χ0) is 13.8. The van der Waals surface area contributed by atoms with Crippen molar-refractivity contribution in [1.82, 2.24) is 15.0 Å². The Labute approximate surface area is 112 Å². The van der Waals surface area contributed by atoms with Crippen LogP contribution in [0, 0.1) is 6.92 Å². The van der Waals surface area contributed by atoms with Crippen LogP contribution in [0.1, 0.15) is 31.0 Å². The zero-order valence-electron chi connectivity index (χ0n) is 11.2. The molecule has 0 fully saturated rings. The molecule has 6 nitrogen and oxygen atoms in total. The zero-order valence-corrected chi connectivity index (χ0v) is 11.2. The SMILES string of the molecule is Cc1ccc(Oc2ncnc(NN)c2C(C)C)cn1. The first kappa shape index (κ1) is 13.2. The smallest absolute Gasteiger partial charge is 0.228 e. The van der Waals surface area contributed by atoms with Gasteiger partial charge in [-0.15, -0.1) is 0 Å². The molecule has 0 bridgehead atoms. The molecule has 2 heterocycles. The Morgan fingerprint density at radius 3 is 2.58 bits per heavy atom. The van der Waals surface area contributed by atoms with Crippen LogP contribution in [-0.2, 0) is 0 Å². The predicted molar refractivity (Wildman–Crippen MR) is 73.0 cm³/mol. The maximum atomic E-state index is 5.76. The van der Waals surface area contributed by atoms with Crippen molar-refractivity contribution in [2.75, 3.05) is 5.43 Å². The molecule has 0 atom stereocenters. The predicted octanol–water partition coefficient (Wildman–Crippen LogP) is 2.38. The molecule has 0 amide bonds. The summed E-state index contributed by atoms with van der Waals surface area (Å²) in [5.41, 5.74) is 4.34. The van der Waals surface area contributed by atoms with E-state index in [1.807, 2.05) is 32.9 Å². The number of nitrogens with two attached hydrogens (primary N) is 1. The second-order valence-electron chi connectivity index (χ2n) is 4.48. The van der Waals surface area contributed by atoms with Gasteiger partial charge in [-0.1, -0.05) is 13.8 Å². The van der Waals surface area contributed by atoms with Crippen molar-refractivity contribution in [1.29, 1.82) is 0 Å². The Hall–Kier alpha value is -2.21. The quantitative estimate of drug-likeness (QED) is 0.647. The summed E-state index contributed by atoms with van der Waals surface area (Å²) in [5.74, 6) is 7.34. The number of hydrazine groups is 1. The second-order valence-corrected chi connectivity index (χ2v) is 4.48. The Kier molecular flexibility index (Phi) is 3.91. The molecular formula is C13H17N5O. The Balaban J connectivity index is 2.36. The lowest BCUT2D eigenvalue weighted by molar-refractivity contribution is 0.449. The van der Waals surface area contributed by atoms with E-state index in [-0.39, 0.29) is 5.92 Å². The van der Waals surface area contributed by atoms with Crippen molar-refractivity contribution in [3.63, 3.8) is 0 Å². The van der Waals surface area contributed by atoms with E-state index in [9.17, 15) is 0 Å². The van der Waals surface area contributed by atoms with E-state index in [1.165, 1.54) is 6.33 Å². The van der Waals surface area contributed by atoms with E-state index in [4.69, 9.17) is 10.6 Å². The third-order valence-electron chi connectivity index (χ3n) is 2.66. The molecule has 2 aromatic heterocycles. The van der Waals surface area contributed by atoms with Crippen LogP contribution in [0.15, 0.2) is 24.7 Å². The Morgan fingerprint density at radius 2 is 2.00 bits per heavy atom. The fourth-order valence-corrected chi connectivity index (χ4v) is 1.72. The first-order valence-electron chi connectivity index (χ1n) is 6.04. The summed E-state index contributed by atoms with van der Waals surface area (Å²) in [6.07, 6.45) is 3.08. The number of hydrogen-bond donors (Lipinski definition) is 2. The molecule has 2 aromatic rings. The summed E-state index contributed by atoms with van der Waals surface area (Å²) < 4.78 is 5.76. The fourth-order valence-electron chi connectivity index (χ4n) is 1.72. The van der Waals surface area contributed by atoms with Gasteiger partial charge in [0.05, 0.1) is 11.8 Å². The highest BCUT2D eigenvalue weighted by molar-refractivity contribution is 5.50. The van der Waals surface area contributed by atoms with Gasteiger partial charge in [-0.3, -0.25) is 4.98 Å². The highest BCUT2D eigenvalue weighted by atomic mass is 16.5. The molecule has 0 spiro atoms. The average molecular weight is 259 g/mol. The molecule has 0 aliphatic carbocycles. The van der Waals surface area contributed by atoms with Gasteiger partial charge in [0.25, 0.3) is 0 Å². The number of rotatable bonds is 4. The minimum atomic E-state index is 0.181. The molecular weight excluding hydrogens is 242 g/mol. The number of hydrogen-bond acceptors (Lipinski definition) is 6. The molecule has 6 heteroatoms. The molecule has 100 valence electrons. The van der Waals surface area contributed by atoms with Crippen LogP contribution in [0.4, 0.5) is 5.82 Å². The molecule has 0 unspecified atom stereocenters. The number of aryl methyl sites for hydroxylation is 1. The van der Waals surface area contributed by atoms with E-state index < -0.39 is 0 Å². The topological polar surface area (TPSA) is 86.0 Å². The molecule has 0 radical (unpaired) electrons. The first-order chi connectivity index (χ1) is 9.11. The van der Waals surface area contributed by atoms with Crippen LogP contribution in [0.2, 0.25) is 0 Å². The van der Waals surface area contributed by atoms with Crippen LogP contribution in [0.25, 0.3) is 0 Å². The van der Waals surface area contributed by atoms with Crippen LogP contribution in [-0.4, -0.2) is 15.0 Å². The number of anilines is 1. The van der Waals surface area contributed by atoms with Crippen molar-refractivity contribution in [2.45, 2.75) is 26.7 Å². The Morgan fingerprint density at radius 1 is 1.21 bits per heavy atom. The van der Waals surface area contributed by atoms with Crippen molar-refractivity contribution >= 4 is 5.82 Å². The number of nitrogens with one attached hydrogen (secondary N) is 1. The lowest BCUT2D eigenvalue weighted by Crippen LogP contribution is -2.13.